The third-order valence-corrected chi connectivity index (χ3v) is 5.56. The smallest absolute Gasteiger partial charge is 0.267 e. The fraction of sp³-hybridized carbons (Fsp3) is 0.350. The van der Waals surface area contributed by atoms with Crippen molar-refractivity contribution in [2.75, 3.05) is 0 Å². The predicted octanol–water partition coefficient (Wildman–Crippen LogP) is 2.50. The van der Waals surface area contributed by atoms with Gasteiger partial charge in [-0.2, -0.15) is 4.98 Å². The van der Waals surface area contributed by atoms with Gasteiger partial charge in [-0.15, -0.1) is 5.10 Å². The molecule has 4 aromatic rings. The number of nitrogens with one attached hydrogen (secondary N) is 1. The Bertz CT molecular complexity index is 1310. The van der Waals surface area contributed by atoms with E-state index in [1.807, 2.05) is 19.2 Å². The van der Waals surface area contributed by atoms with Crippen molar-refractivity contribution in [1.82, 2.24) is 29.3 Å². The number of aromatic nitrogens is 6. The van der Waals surface area contributed by atoms with Crippen molar-refractivity contribution in [3.05, 3.63) is 57.1 Å². The summed E-state index contributed by atoms with van der Waals surface area (Å²) in [6, 6.07) is 5.52. The standard InChI is InChI=1S/C20H20N6O2/c1-2-17-22-20(24-23-17)26-10-8-16-14(19(26)28)11-13-15(21-16)7-9-25(18(13)27)12-5-3-4-6-12/h7-12H,2-6H2,1H3,(H,22,23,24). The lowest BCUT2D eigenvalue weighted by Crippen LogP contribution is -2.24. The maximum absolute atomic E-state index is 13.1. The summed E-state index contributed by atoms with van der Waals surface area (Å²) in [5, 5.41) is 7.79. The second-order valence-corrected chi connectivity index (χ2v) is 7.25. The van der Waals surface area contributed by atoms with Crippen LogP contribution in [-0.4, -0.2) is 29.3 Å². The molecule has 1 fully saturated rings. The van der Waals surface area contributed by atoms with Crippen LogP contribution in [-0.2, 0) is 6.42 Å². The van der Waals surface area contributed by atoms with Gasteiger partial charge in [0, 0.05) is 24.9 Å². The SMILES string of the molecule is CCc1nc(-n2ccc3nc4ccn(C5CCCC5)c(=O)c4cc3c2=O)n[nH]1. The molecule has 0 bridgehead atoms. The number of H-pyrrole nitrogens is 1. The van der Waals surface area contributed by atoms with Gasteiger partial charge in [0.05, 0.1) is 21.8 Å². The summed E-state index contributed by atoms with van der Waals surface area (Å²) in [5.41, 5.74) is 0.789. The maximum Gasteiger partial charge on any atom is 0.267 e. The topological polar surface area (TPSA) is 98.5 Å². The Morgan fingerprint density at radius 2 is 1.75 bits per heavy atom. The van der Waals surface area contributed by atoms with Gasteiger partial charge >= 0.3 is 0 Å². The van der Waals surface area contributed by atoms with Gasteiger partial charge in [0.25, 0.3) is 17.1 Å². The van der Waals surface area contributed by atoms with Gasteiger partial charge in [0.2, 0.25) is 0 Å². The molecular weight excluding hydrogens is 356 g/mol. The van der Waals surface area contributed by atoms with Crippen LogP contribution in [0.2, 0.25) is 0 Å². The van der Waals surface area contributed by atoms with Crippen LogP contribution in [0.5, 0.6) is 0 Å². The van der Waals surface area contributed by atoms with Crippen molar-refractivity contribution in [2.24, 2.45) is 0 Å². The Hall–Kier alpha value is -3.29. The summed E-state index contributed by atoms with van der Waals surface area (Å²) in [5.74, 6) is 0.998. The van der Waals surface area contributed by atoms with Crippen LogP contribution in [0.15, 0.2) is 40.2 Å². The molecule has 142 valence electrons. The number of hydrogen-bond acceptors (Lipinski definition) is 5. The highest BCUT2D eigenvalue weighted by atomic mass is 16.1. The van der Waals surface area contributed by atoms with E-state index < -0.39 is 0 Å². The van der Waals surface area contributed by atoms with Crippen molar-refractivity contribution < 1.29 is 0 Å². The van der Waals surface area contributed by atoms with Crippen LogP contribution >= 0.6 is 0 Å². The van der Waals surface area contributed by atoms with Gasteiger partial charge in [0.15, 0.2) is 0 Å². The summed E-state index contributed by atoms with van der Waals surface area (Å²) >= 11 is 0. The van der Waals surface area contributed by atoms with Gasteiger partial charge in [0.1, 0.15) is 5.82 Å². The van der Waals surface area contributed by atoms with E-state index in [0.717, 1.165) is 25.7 Å². The summed E-state index contributed by atoms with van der Waals surface area (Å²) in [4.78, 5) is 35.0. The summed E-state index contributed by atoms with van der Waals surface area (Å²) in [7, 11) is 0. The fourth-order valence-corrected chi connectivity index (χ4v) is 4.02. The molecular formula is C20H20N6O2. The molecule has 0 radical (unpaired) electrons. The van der Waals surface area contributed by atoms with Crippen LogP contribution in [0.4, 0.5) is 0 Å². The normalized spacial score (nSPS) is 15.0. The molecule has 1 aliphatic rings. The molecule has 1 N–H and O–H groups in total. The minimum absolute atomic E-state index is 0.0835. The summed E-state index contributed by atoms with van der Waals surface area (Å²) in [6.45, 7) is 1.96. The largest absolute Gasteiger partial charge is 0.312 e. The Morgan fingerprint density at radius 1 is 1.04 bits per heavy atom. The highest BCUT2D eigenvalue weighted by molar-refractivity contribution is 5.91. The van der Waals surface area contributed by atoms with Crippen molar-refractivity contribution in [2.45, 2.75) is 45.1 Å². The molecule has 1 saturated carbocycles. The first-order chi connectivity index (χ1) is 13.7. The molecule has 0 saturated heterocycles. The number of hydrogen-bond donors (Lipinski definition) is 1. The lowest BCUT2D eigenvalue weighted by Gasteiger charge is -2.14. The van der Waals surface area contributed by atoms with Crippen LogP contribution in [0.1, 0.15) is 44.5 Å². The molecule has 4 aromatic heterocycles. The van der Waals surface area contributed by atoms with E-state index in [1.165, 1.54) is 4.57 Å². The molecule has 8 nitrogen and oxygen atoms in total. The molecule has 0 unspecified atom stereocenters. The van der Waals surface area contributed by atoms with E-state index in [4.69, 9.17) is 0 Å². The summed E-state index contributed by atoms with van der Waals surface area (Å²) in [6.07, 6.45) is 8.47. The first-order valence-corrected chi connectivity index (χ1v) is 9.64. The molecule has 0 aromatic carbocycles. The predicted molar refractivity (Wildman–Crippen MR) is 106 cm³/mol. The van der Waals surface area contributed by atoms with Crippen LogP contribution in [0, 0.1) is 0 Å². The first-order valence-electron chi connectivity index (χ1n) is 9.64. The van der Waals surface area contributed by atoms with Gasteiger partial charge < -0.3 is 4.57 Å². The van der Waals surface area contributed by atoms with Gasteiger partial charge in [-0.3, -0.25) is 14.7 Å². The minimum Gasteiger partial charge on any atom is -0.312 e. The number of aryl methyl sites for hydroxylation is 1. The lowest BCUT2D eigenvalue weighted by atomic mass is 10.1. The Morgan fingerprint density at radius 3 is 2.46 bits per heavy atom. The highest BCUT2D eigenvalue weighted by Gasteiger charge is 2.19. The molecule has 8 heteroatoms. The fourth-order valence-electron chi connectivity index (χ4n) is 4.02. The van der Waals surface area contributed by atoms with E-state index in [9.17, 15) is 9.59 Å². The van der Waals surface area contributed by atoms with E-state index in [2.05, 4.69) is 20.2 Å². The zero-order valence-electron chi connectivity index (χ0n) is 15.6. The van der Waals surface area contributed by atoms with E-state index >= 15 is 0 Å². The molecule has 4 heterocycles. The van der Waals surface area contributed by atoms with Crippen LogP contribution < -0.4 is 11.1 Å². The number of fused-ring (bicyclic) bond motifs is 2. The molecule has 0 aliphatic heterocycles. The highest BCUT2D eigenvalue weighted by Crippen LogP contribution is 2.28. The van der Waals surface area contributed by atoms with Crippen molar-refractivity contribution >= 4 is 21.8 Å². The quantitative estimate of drug-likeness (QED) is 0.554. The number of rotatable bonds is 3. The zero-order chi connectivity index (χ0) is 19.3. The lowest BCUT2D eigenvalue weighted by molar-refractivity contribution is 0.505. The van der Waals surface area contributed by atoms with E-state index in [1.54, 1.807) is 22.9 Å². The Balaban J connectivity index is 1.72. The van der Waals surface area contributed by atoms with Crippen molar-refractivity contribution in [1.29, 1.82) is 0 Å². The van der Waals surface area contributed by atoms with Crippen LogP contribution in [0.25, 0.3) is 27.8 Å². The second kappa shape index (κ2) is 6.40. The summed E-state index contributed by atoms with van der Waals surface area (Å²) < 4.78 is 3.18. The molecule has 1 aliphatic carbocycles. The molecule has 0 atom stereocenters. The molecule has 5 rings (SSSR count). The maximum atomic E-state index is 13.1. The van der Waals surface area contributed by atoms with Crippen molar-refractivity contribution in [3.63, 3.8) is 0 Å². The third-order valence-electron chi connectivity index (χ3n) is 5.56. The van der Waals surface area contributed by atoms with Crippen molar-refractivity contribution in [3.8, 4) is 5.95 Å². The van der Waals surface area contributed by atoms with Crippen LogP contribution in [0.3, 0.4) is 0 Å². The Kier molecular flexibility index (Phi) is 3.85. The third kappa shape index (κ3) is 2.56. The van der Waals surface area contributed by atoms with Gasteiger partial charge in [-0.25, -0.2) is 9.55 Å². The second-order valence-electron chi connectivity index (χ2n) is 7.25. The average molecular weight is 376 g/mol. The minimum atomic E-state index is -0.288. The zero-order valence-corrected chi connectivity index (χ0v) is 15.6. The molecule has 28 heavy (non-hydrogen) atoms. The number of pyridine rings is 3. The molecule has 0 amide bonds. The molecule has 0 spiro atoms. The van der Waals surface area contributed by atoms with Gasteiger partial charge in [-0.1, -0.05) is 19.8 Å². The monoisotopic (exact) mass is 376 g/mol. The van der Waals surface area contributed by atoms with Gasteiger partial charge in [-0.05, 0) is 31.0 Å². The van der Waals surface area contributed by atoms with E-state index in [0.29, 0.717) is 40.0 Å². The number of nitrogens with zero attached hydrogens (tertiary/aromatic N) is 5. The Labute approximate surface area is 159 Å². The first kappa shape index (κ1) is 16.9. The van der Waals surface area contributed by atoms with E-state index in [-0.39, 0.29) is 17.2 Å². The average Bonchev–Trinajstić information content (AvgIpc) is 3.40. The number of aromatic amines is 1.